The molecule has 9 heteroatoms. The summed E-state index contributed by atoms with van der Waals surface area (Å²) in [6.07, 6.45) is 1.70. The molecular formula is C20H29N3O6. The van der Waals surface area contributed by atoms with Crippen molar-refractivity contribution in [1.29, 1.82) is 0 Å². The Bertz CT molecular complexity index is 703. The Hall–Kier alpha value is -3.10. The molecule has 0 bridgehead atoms. The summed E-state index contributed by atoms with van der Waals surface area (Å²) in [4.78, 5) is 47.9. The maximum absolute atomic E-state index is 12.4. The van der Waals surface area contributed by atoms with Gasteiger partial charge in [0, 0.05) is 12.1 Å². The molecule has 1 aromatic carbocycles. The molecule has 0 aliphatic carbocycles. The van der Waals surface area contributed by atoms with Crippen molar-refractivity contribution in [3.63, 3.8) is 0 Å². The highest BCUT2D eigenvalue weighted by Crippen LogP contribution is 2.12. The Morgan fingerprint density at radius 3 is 2.28 bits per heavy atom. The Kier molecular flexibility index (Phi) is 10.2. The number of esters is 1. The molecule has 0 aliphatic heterocycles. The number of unbranched alkanes of at least 4 members (excludes halogenated alkanes) is 1. The van der Waals surface area contributed by atoms with E-state index in [9.17, 15) is 19.2 Å². The largest absolute Gasteiger partial charge is 0.497 e. The summed E-state index contributed by atoms with van der Waals surface area (Å²) in [6, 6.07) is 4.81. The van der Waals surface area contributed by atoms with Gasteiger partial charge in [-0.3, -0.25) is 14.9 Å². The molecule has 0 fully saturated rings. The van der Waals surface area contributed by atoms with Crippen molar-refractivity contribution in [3.05, 3.63) is 29.8 Å². The fourth-order valence-corrected chi connectivity index (χ4v) is 2.28. The molecule has 1 atom stereocenters. The van der Waals surface area contributed by atoms with Crippen LogP contribution in [0.4, 0.5) is 4.79 Å². The Morgan fingerprint density at radius 2 is 1.72 bits per heavy atom. The van der Waals surface area contributed by atoms with Crippen LogP contribution in [0.1, 0.15) is 44.0 Å². The molecule has 9 nitrogen and oxygen atoms in total. The van der Waals surface area contributed by atoms with Crippen molar-refractivity contribution in [2.24, 2.45) is 5.92 Å². The fraction of sp³-hybridized carbons (Fsp3) is 0.500. The number of ether oxygens (including phenoxy) is 2. The van der Waals surface area contributed by atoms with Crippen LogP contribution in [-0.4, -0.2) is 50.1 Å². The third-order valence-corrected chi connectivity index (χ3v) is 3.97. The van der Waals surface area contributed by atoms with Crippen molar-refractivity contribution in [2.45, 2.75) is 39.7 Å². The van der Waals surface area contributed by atoms with Crippen LogP contribution in [0.2, 0.25) is 0 Å². The minimum atomic E-state index is -0.948. The predicted molar refractivity (Wildman–Crippen MR) is 106 cm³/mol. The van der Waals surface area contributed by atoms with Crippen LogP contribution < -0.4 is 20.7 Å². The minimum Gasteiger partial charge on any atom is -0.497 e. The number of imide groups is 1. The van der Waals surface area contributed by atoms with Gasteiger partial charge in [0.05, 0.1) is 7.11 Å². The van der Waals surface area contributed by atoms with E-state index in [2.05, 4.69) is 16.0 Å². The minimum absolute atomic E-state index is 0.273. The third kappa shape index (κ3) is 8.63. The molecule has 0 unspecified atom stereocenters. The third-order valence-electron chi connectivity index (χ3n) is 3.97. The van der Waals surface area contributed by atoms with E-state index in [1.807, 2.05) is 6.92 Å². The topological polar surface area (TPSA) is 123 Å². The molecule has 29 heavy (non-hydrogen) atoms. The maximum Gasteiger partial charge on any atom is 0.329 e. The highest BCUT2D eigenvalue weighted by atomic mass is 16.5. The van der Waals surface area contributed by atoms with Gasteiger partial charge in [-0.25, -0.2) is 9.59 Å². The van der Waals surface area contributed by atoms with E-state index >= 15 is 0 Å². The lowest BCUT2D eigenvalue weighted by Gasteiger charge is -2.20. The highest BCUT2D eigenvalue weighted by molar-refractivity contribution is 5.98. The number of carbonyl (C=O) groups is 4. The fourth-order valence-electron chi connectivity index (χ4n) is 2.28. The molecule has 0 saturated carbocycles. The Balaban J connectivity index is 2.55. The van der Waals surface area contributed by atoms with Crippen molar-refractivity contribution >= 4 is 23.8 Å². The first-order valence-electron chi connectivity index (χ1n) is 9.47. The smallest absolute Gasteiger partial charge is 0.329 e. The second-order valence-electron chi connectivity index (χ2n) is 6.69. The van der Waals surface area contributed by atoms with Crippen molar-refractivity contribution in [2.75, 3.05) is 20.3 Å². The normalized spacial score (nSPS) is 11.3. The number of hydrogen-bond donors (Lipinski definition) is 3. The van der Waals surface area contributed by atoms with E-state index in [0.29, 0.717) is 17.9 Å². The van der Waals surface area contributed by atoms with Gasteiger partial charge in [0.25, 0.3) is 11.8 Å². The molecule has 0 aromatic heterocycles. The average Bonchev–Trinajstić information content (AvgIpc) is 2.70. The van der Waals surface area contributed by atoms with Gasteiger partial charge in [-0.05, 0) is 36.6 Å². The number of carbonyl (C=O) groups excluding carboxylic acids is 4. The van der Waals surface area contributed by atoms with E-state index < -0.39 is 36.5 Å². The highest BCUT2D eigenvalue weighted by Gasteiger charge is 2.27. The van der Waals surface area contributed by atoms with Gasteiger partial charge in [-0.2, -0.15) is 0 Å². The second-order valence-corrected chi connectivity index (χ2v) is 6.69. The zero-order chi connectivity index (χ0) is 21.8. The Labute approximate surface area is 170 Å². The number of urea groups is 1. The van der Waals surface area contributed by atoms with Crippen molar-refractivity contribution in [3.8, 4) is 5.75 Å². The molecule has 0 radical (unpaired) electrons. The summed E-state index contributed by atoms with van der Waals surface area (Å²) in [5, 5.41) is 7.20. The lowest BCUT2D eigenvalue weighted by Crippen LogP contribution is -2.47. The summed E-state index contributed by atoms with van der Waals surface area (Å²) in [5.41, 5.74) is 0.353. The molecule has 0 saturated heterocycles. The van der Waals surface area contributed by atoms with Crippen LogP contribution in [0.15, 0.2) is 24.3 Å². The number of nitrogens with one attached hydrogen (secondary N) is 3. The molecule has 0 aliphatic rings. The Morgan fingerprint density at radius 1 is 1.07 bits per heavy atom. The molecule has 4 amide bonds. The SMILES string of the molecule is CCCCNC(=O)NC(=O)COC(=O)[C@@H](NC(=O)c1ccc(OC)cc1)C(C)C. The monoisotopic (exact) mass is 407 g/mol. The van der Waals surface area contributed by atoms with Gasteiger partial charge >= 0.3 is 12.0 Å². The van der Waals surface area contributed by atoms with Crippen LogP contribution >= 0.6 is 0 Å². The van der Waals surface area contributed by atoms with E-state index in [1.54, 1.807) is 38.1 Å². The van der Waals surface area contributed by atoms with Gasteiger partial charge in [-0.15, -0.1) is 0 Å². The van der Waals surface area contributed by atoms with Gasteiger partial charge < -0.3 is 20.1 Å². The first-order chi connectivity index (χ1) is 13.8. The van der Waals surface area contributed by atoms with Crippen molar-refractivity contribution in [1.82, 2.24) is 16.0 Å². The lowest BCUT2D eigenvalue weighted by atomic mass is 10.0. The van der Waals surface area contributed by atoms with E-state index in [1.165, 1.54) is 7.11 Å². The zero-order valence-electron chi connectivity index (χ0n) is 17.2. The molecule has 1 rings (SSSR count). The lowest BCUT2D eigenvalue weighted by molar-refractivity contribution is -0.151. The molecule has 0 heterocycles. The first-order valence-corrected chi connectivity index (χ1v) is 9.47. The van der Waals surface area contributed by atoms with Gasteiger partial charge in [-0.1, -0.05) is 27.2 Å². The average molecular weight is 407 g/mol. The molecule has 1 aromatic rings. The summed E-state index contributed by atoms with van der Waals surface area (Å²) >= 11 is 0. The van der Waals surface area contributed by atoms with E-state index in [-0.39, 0.29) is 5.92 Å². The van der Waals surface area contributed by atoms with Crippen LogP contribution in [0.3, 0.4) is 0 Å². The maximum atomic E-state index is 12.4. The number of amides is 4. The summed E-state index contributed by atoms with van der Waals surface area (Å²) < 4.78 is 10.0. The summed E-state index contributed by atoms with van der Waals surface area (Å²) in [5.74, 6) is -1.64. The van der Waals surface area contributed by atoms with Crippen LogP contribution in [-0.2, 0) is 14.3 Å². The number of rotatable bonds is 10. The van der Waals surface area contributed by atoms with Crippen LogP contribution in [0.25, 0.3) is 0 Å². The van der Waals surface area contributed by atoms with Gasteiger partial charge in [0.2, 0.25) is 0 Å². The molecular weight excluding hydrogens is 378 g/mol. The van der Waals surface area contributed by atoms with E-state index in [0.717, 1.165) is 12.8 Å². The molecule has 160 valence electrons. The quantitative estimate of drug-likeness (QED) is 0.400. The van der Waals surface area contributed by atoms with Gasteiger partial charge in [0.15, 0.2) is 6.61 Å². The van der Waals surface area contributed by atoms with Crippen LogP contribution in [0, 0.1) is 5.92 Å². The zero-order valence-corrected chi connectivity index (χ0v) is 17.2. The van der Waals surface area contributed by atoms with Gasteiger partial charge in [0.1, 0.15) is 11.8 Å². The van der Waals surface area contributed by atoms with Crippen LogP contribution in [0.5, 0.6) is 5.75 Å². The standard InChI is InChI=1S/C20H29N3O6/c1-5-6-11-21-20(27)22-16(24)12-29-19(26)17(13(2)3)23-18(25)14-7-9-15(28-4)10-8-14/h7-10,13,17H,5-6,11-12H2,1-4H3,(H,23,25)(H2,21,22,24,27)/t17-/m0/s1. The second kappa shape index (κ2) is 12.4. The van der Waals surface area contributed by atoms with Crippen molar-refractivity contribution < 1.29 is 28.7 Å². The molecule has 3 N–H and O–H groups in total. The first kappa shape index (κ1) is 23.9. The predicted octanol–water partition coefficient (Wildman–Crippen LogP) is 1.62. The summed E-state index contributed by atoms with van der Waals surface area (Å²) in [7, 11) is 1.52. The number of benzene rings is 1. The molecule has 0 spiro atoms. The van der Waals surface area contributed by atoms with E-state index in [4.69, 9.17) is 9.47 Å². The summed E-state index contributed by atoms with van der Waals surface area (Å²) in [6.45, 7) is 5.27. The number of methoxy groups -OCH3 is 1. The number of hydrogen-bond acceptors (Lipinski definition) is 6.